The Hall–Kier alpha value is -2.11. The van der Waals surface area contributed by atoms with Crippen LogP contribution in [0.1, 0.15) is 18.4 Å². The van der Waals surface area contributed by atoms with Crippen LogP contribution in [-0.4, -0.2) is 42.3 Å². The number of hydrogen-bond donors (Lipinski definition) is 1. The molecule has 0 aliphatic carbocycles. The summed E-state index contributed by atoms with van der Waals surface area (Å²) in [6.45, 7) is 3.39. The lowest BCUT2D eigenvalue weighted by atomic mass is 10.0. The highest BCUT2D eigenvalue weighted by molar-refractivity contribution is 6.30. The summed E-state index contributed by atoms with van der Waals surface area (Å²) in [5.74, 6) is 1.72. The van der Waals surface area contributed by atoms with E-state index in [-0.39, 0.29) is 0 Å². The van der Waals surface area contributed by atoms with E-state index in [0.717, 1.165) is 48.3 Å². The minimum Gasteiger partial charge on any atom is -0.489 e. The fourth-order valence-corrected chi connectivity index (χ4v) is 3.53. The smallest absolute Gasteiger partial charge is 0.225 e. The predicted octanol–water partition coefficient (Wildman–Crippen LogP) is 3.16. The molecular weight excluding hydrogens is 336 g/mol. The standard InChI is InChI=1S/C19H21ClN4O/c20-16-4-5-18-15(10-16)9-14(13-25-18)11-23-17-3-1-8-24(12-17)19-21-6-2-7-22-19/h2,4-7,9-10,17,23H,1,3,8,11-13H2/t17-/m0/s1. The molecule has 0 saturated carbocycles. The molecule has 1 atom stereocenters. The van der Waals surface area contributed by atoms with E-state index >= 15 is 0 Å². The average molecular weight is 357 g/mol. The van der Waals surface area contributed by atoms with Gasteiger partial charge in [0.25, 0.3) is 0 Å². The summed E-state index contributed by atoms with van der Waals surface area (Å²) in [7, 11) is 0. The van der Waals surface area contributed by atoms with Crippen molar-refractivity contribution in [3.05, 3.63) is 52.8 Å². The molecule has 2 aliphatic rings. The maximum Gasteiger partial charge on any atom is 0.225 e. The third kappa shape index (κ3) is 3.94. The molecule has 5 nitrogen and oxygen atoms in total. The average Bonchev–Trinajstić information content (AvgIpc) is 2.67. The second-order valence-electron chi connectivity index (χ2n) is 6.49. The number of benzene rings is 1. The van der Waals surface area contributed by atoms with Gasteiger partial charge in [-0.15, -0.1) is 0 Å². The molecule has 0 radical (unpaired) electrons. The van der Waals surface area contributed by atoms with E-state index in [0.29, 0.717) is 12.6 Å². The largest absolute Gasteiger partial charge is 0.489 e. The lowest BCUT2D eigenvalue weighted by molar-refractivity contribution is 0.338. The first-order valence-corrected chi connectivity index (χ1v) is 9.03. The quantitative estimate of drug-likeness (QED) is 0.911. The Kier molecular flexibility index (Phi) is 4.85. The lowest BCUT2D eigenvalue weighted by Gasteiger charge is -2.33. The fourth-order valence-electron chi connectivity index (χ4n) is 3.35. The summed E-state index contributed by atoms with van der Waals surface area (Å²) in [6.07, 6.45) is 8.08. The van der Waals surface area contributed by atoms with Crippen molar-refractivity contribution in [1.29, 1.82) is 0 Å². The van der Waals surface area contributed by atoms with E-state index < -0.39 is 0 Å². The summed E-state index contributed by atoms with van der Waals surface area (Å²) in [5.41, 5.74) is 2.29. The first kappa shape index (κ1) is 16.4. The molecule has 4 rings (SSSR count). The van der Waals surface area contributed by atoms with Gasteiger partial charge in [-0.25, -0.2) is 9.97 Å². The molecule has 0 bridgehead atoms. The first-order chi connectivity index (χ1) is 12.3. The van der Waals surface area contributed by atoms with E-state index in [2.05, 4.69) is 26.3 Å². The fraction of sp³-hybridized carbons (Fsp3) is 0.368. The predicted molar refractivity (Wildman–Crippen MR) is 100 cm³/mol. The van der Waals surface area contributed by atoms with Crippen LogP contribution in [0.15, 0.2) is 42.2 Å². The van der Waals surface area contributed by atoms with E-state index in [1.807, 2.05) is 24.3 Å². The molecule has 0 amide bonds. The van der Waals surface area contributed by atoms with E-state index in [1.54, 1.807) is 12.4 Å². The van der Waals surface area contributed by atoms with Crippen molar-refractivity contribution in [2.45, 2.75) is 18.9 Å². The number of nitrogens with zero attached hydrogens (tertiary/aromatic N) is 3. The number of fused-ring (bicyclic) bond motifs is 1. The molecule has 1 aromatic heterocycles. The minimum atomic E-state index is 0.430. The molecule has 0 unspecified atom stereocenters. The third-order valence-electron chi connectivity index (χ3n) is 4.62. The van der Waals surface area contributed by atoms with E-state index in [4.69, 9.17) is 16.3 Å². The van der Waals surface area contributed by atoms with Crippen LogP contribution in [0.2, 0.25) is 5.02 Å². The lowest BCUT2D eigenvalue weighted by Crippen LogP contribution is -2.47. The van der Waals surface area contributed by atoms with Crippen LogP contribution in [0.5, 0.6) is 5.75 Å². The molecule has 6 heteroatoms. The monoisotopic (exact) mass is 356 g/mol. The minimum absolute atomic E-state index is 0.430. The number of aromatic nitrogens is 2. The Morgan fingerprint density at radius 3 is 3.04 bits per heavy atom. The SMILES string of the molecule is Clc1ccc2c(c1)C=C(CN[C@H]1CCCN(c3ncccn3)C1)CO2. The van der Waals surface area contributed by atoms with Gasteiger partial charge < -0.3 is 15.0 Å². The Balaban J connectivity index is 1.37. The van der Waals surface area contributed by atoms with Crippen molar-refractivity contribution in [2.24, 2.45) is 0 Å². The zero-order chi connectivity index (χ0) is 17.1. The van der Waals surface area contributed by atoms with E-state index in [9.17, 15) is 0 Å². The summed E-state index contributed by atoms with van der Waals surface area (Å²) in [5, 5.41) is 4.39. The molecule has 2 aromatic rings. The number of halogens is 1. The highest BCUT2D eigenvalue weighted by Crippen LogP contribution is 2.28. The second kappa shape index (κ2) is 7.42. The summed E-state index contributed by atoms with van der Waals surface area (Å²) in [6, 6.07) is 8.02. The van der Waals surface area contributed by atoms with Gasteiger partial charge in [0.15, 0.2) is 0 Å². The molecule has 2 aliphatic heterocycles. The third-order valence-corrected chi connectivity index (χ3v) is 4.85. The molecule has 25 heavy (non-hydrogen) atoms. The Labute approximate surface area is 152 Å². The molecular formula is C19H21ClN4O. The van der Waals surface area contributed by atoms with Gasteiger partial charge in [0.05, 0.1) is 0 Å². The summed E-state index contributed by atoms with van der Waals surface area (Å²) < 4.78 is 5.82. The van der Waals surface area contributed by atoms with Crippen LogP contribution >= 0.6 is 11.6 Å². The molecule has 130 valence electrons. The number of ether oxygens (including phenoxy) is 1. The summed E-state index contributed by atoms with van der Waals surface area (Å²) in [4.78, 5) is 11.0. The maximum absolute atomic E-state index is 6.08. The Bertz CT molecular complexity index is 765. The Morgan fingerprint density at radius 2 is 2.16 bits per heavy atom. The van der Waals surface area contributed by atoms with Gasteiger partial charge in [-0.1, -0.05) is 11.6 Å². The van der Waals surface area contributed by atoms with Crippen LogP contribution in [0.3, 0.4) is 0 Å². The van der Waals surface area contributed by atoms with Gasteiger partial charge in [-0.05, 0) is 48.8 Å². The van der Waals surface area contributed by atoms with Gasteiger partial charge in [0, 0.05) is 48.7 Å². The van der Waals surface area contributed by atoms with Crippen LogP contribution < -0.4 is 15.0 Å². The van der Waals surface area contributed by atoms with Crippen LogP contribution in [0.4, 0.5) is 5.95 Å². The molecule has 1 N–H and O–H groups in total. The van der Waals surface area contributed by atoms with Crippen molar-refractivity contribution in [2.75, 3.05) is 31.1 Å². The van der Waals surface area contributed by atoms with Crippen molar-refractivity contribution >= 4 is 23.6 Å². The molecule has 1 aromatic carbocycles. The number of piperidine rings is 1. The van der Waals surface area contributed by atoms with Crippen molar-refractivity contribution in [1.82, 2.24) is 15.3 Å². The maximum atomic E-state index is 6.08. The van der Waals surface area contributed by atoms with Crippen LogP contribution in [-0.2, 0) is 0 Å². The van der Waals surface area contributed by atoms with Gasteiger partial charge >= 0.3 is 0 Å². The molecule has 1 fully saturated rings. The van der Waals surface area contributed by atoms with Crippen LogP contribution in [0.25, 0.3) is 6.08 Å². The highest BCUT2D eigenvalue weighted by Gasteiger charge is 2.22. The van der Waals surface area contributed by atoms with Gasteiger partial charge in [-0.2, -0.15) is 0 Å². The molecule has 0 spiro atoms. The van der Waals surface area contributed by atoms with Crippen molar-refractivity contribution < 1.29 is 4.74 Å². The van der Waals surface area contributed by atoms with E-state index in [1.165, 1.54) is 12.0 Å². The normalized spacial score (nSPS) is 19.8. The second-order valence-corrected chi connectivity index (χ2v) is 6.92. The number of hydrogen-bond acceptors (Lipinski definition) is 5. The summed E-state index contributed by atoms with van der Waals surface area (Å²) >= 11 is 6.08. The van der Waals surface area contributed by atoms with Gasteiger partial charge in [0.1, 0.15) is 12.4 Å². The van der Waals surface area contributed by atoms with Crippen LogP contribution in [0, 0.1) is 0 Å². The number of rotatable bonds is 4. The van der Waals surface area contributed by atoms with Crippen molar-refractivity contribution in [3.8, 4) is 5.75 Å². The zero-order valence-corrected chi connectivity index (χ0v) is 14.7. The first-order valence-electron chi connectivity index (χ1n) is 8.65. The highest BCUT2D eigenvalue weighted by atomic mass is 35.5. The Morgan fingerprint density at radius 1 is 1.28 bits per heavy atom. The zero-order valence-electron chi connectivity index (χ0n) is 14.0. The number of nitrogens with one attached hydrogen (secondary N) is 1. The van der Waals surface area contributed by atoms with Crippen molar-refractivity contribution in [3.63, 3.8) is 0 Å². The molecule has 3 heterocycles. The number of anilines is 1. The van der Waals surface area contributed by atoms with Gasteiger partial charge in [0.2, 0.25) is 5.95 Å². The molecule has 1 saturated heterocycles. The topological polar surface area (TPSA) is 50.3 Å². The van der Waals surface area contributed by atoms with Gasteiger partial charge in [-0.3, -0.25) is 0 Å².